The first-order valence-corrected chi connectivity index (χ1v) is 7.49. The first-order valence-electron chi connectivity index (χ1n) is 7.12. The Labute approximate surface area is 139 Å². The van der Waals surface area contributed by atoms with E-state index in [9.17, 15) is 9.18 Å². The maximum Gasteiger partial charge on any atom is 0.239 e. The summed E-state index contributed by atoms with van der Waals surface area (Å²) in [6, 6.07) is 10.9. The molecule has 0 aliphatic heterocycles. The Morgan fingerprint density at radius 3 is 2.61 bits per heavy atom. The molecule has 2 aromatic rings. The quantitative estimate of drug-likeness (QED) is 0.844. The Morgan fingerprint density at radius 1 is 1.26 bits per heavy atom. The van der Waals surface area contributed by atoms with E-state index in [4.69, 9.17) is 16.3 Å². The molecule has 0 saturated carbocycles. The van der Waals surface area contributed by atoms with Gasteiger partial charge >= 0.3 is 0 Å². The van der Waals surface area contributed by atoms with E-state index in [2.05, 4.69) is 10.6 Å². The van der Waals surface area contributed by atoms with Gasteiger partial charge in [-0.05, 0) is 42.8 Å². The minimum absolute atomic E-state index is 0.0717. The lowest BCUT2D eigenvalue weighted by molar-refractivity contribution is -0.120. The number of benzene rings is 2. The molecule has 2 N–H and O–H groups in total. The van der Waals surface area contributed by atoms with Crippen LogP contribution in [-0.2, 0) is 4.79 Å². The van der Waals surface area contributed by atoms with Crippen LogP contribution in [0, 0.1) is 5.82 Å². The van der Waals surface area contributed by atoms with E-state index < -0.39 is 0 Å². The largest absolute Gasteiger partial charge is 0.495 e. The first kappa shape index (κ1) is 17.1. The van der Waals surface area contributed by atoms with Gasteiger partial charge in [0.05, 0.1) is 25.4 Å². The van der Waals surface area contributed by atoms with Gasteiger partial charge in [-0.1, -0.05) is 23.7 Å². The van der Waals surface area contributed by atoms with Crippen LogP contribution in [0.3, 0.4) is 0 Å². The molecule has 23 heavy (non-hydrogen) atoms. The van der Waals surface area contributed by atoms with Crippen molar-refractivity contribution >= 4 is 23.2 Å². The summed E-state index contributed by atoms with van der Waals surface area (Å²) < 4.78 is 18.1. The highest BCUT2D eigenvalue weighted by Crippen LogP contribution is 2.27. The van der Waals surface area contributed by atoms with Crippen LogP contribution >= 0.6 is 11.6 Å². The molecule has 0 aliphatic rings. The molecule has 1 atom stereocenters. The Morgan fingerprint density at radius 2 is 1.96 bits per heavy atom. The lowest BCUT2D eigenvalue weighted by atomic mass is 10.1. The van der Waals surface area contributed by atoms with E-state index in [-0.39, 0.29) is 24.3 Å². The number of methoxy groups -OCH3 is 1. The number of rotatable bonds is 6. The molecule has 0 heterocycles. The Hall–Kier alpha value is -2.27. The van der Waals surface area contributed by atoms with Crippen LogP contribution in [0.1, 0.15) is 18.5 Å². The molecule has 122 valence electrons. The summed E-state index contributed by atoms with van der Waals surface area (Å²) in [4.78, 5) is 12.0. The molecule has 2 aromatic carbocycles. The van der Waals surface area contributed by atoms with Crippen LogP contribution in [0.15, 0.2) is 42.5 Å². The second-order valence-electron chi connectivity index (χ2n) is 5.04. The number of ether oxygens (including phenoxy) is 1. The van der Waals surface area contributed by atoms with Crippen LogP contribution in [0.4, 0.5) is 10.1 Å². The van der Waals surface area contributed by atoms with Gasteiger partial charge in [0, 0.05) is 5.02 Å². The predicted molar refractivity (Wildman–Crippen MR) is 89.5 cm³/mol. The number of amides is 1. The van der Waals surface area contributed by atoms with Gasteiger partial charge in [-0.25, -0.2) is 4.39 Å². The predicted octanol–water partition coefficient (Wildman–Crippen LogP) is 3.78. The minimum Gasteiger partial charge on any atom is -0.495 e. The van der Waals surface area contributed by atoms with Crippen molar-refractivity contribution in [2.75, 3.05) is 19.0 Å². The fraction of sp³-hybridized carbons (Fsp3) is 0.235. The van der Waals surface area contributed by atoms with E-state index in [0.717, 1.165) is 5.56 Å². The van der Waals surface area contributed by atoms with Crippen LogP contribution < -0.4 is 15.4 Å². The third kappa shape index (κ3) is 4.86. The van der Waals surface area contributed by atoms with Crippen LogP contribution in [0.5, 0.6) is 5.75 Å². The lowest BCUT2D eigenvalue weighted by Gasteiger charge is -2.16. The summed E-state index contributed by atoms with van der Waals surface area (Å²) >= 11 is 5.94. The number of anilines is 1. The highest BCUT2D eigenvalue weighted by atomic mass is 35.5. The van der Waals surface area contributed by atoms with Crippen molar-refractivity contribution in [2.24, 2.45) is 0 Å². The van der Waals surface area contributed by atoms with Crippen molar-refractivity contribution in [1.29, 1.82) is 0 Å². The molecule has 0 fully saturated rings. The second-order valence-corrected chi connectivity index (χ2v) is 5.48. The van der Waals surface area contributed by atoms with E-state index in [1.54, 1.807) is 37.4 Å². The van der Waals surface area contributed by atoms with Gasteiger partial charge in [-0.2, -0.15) is 0 Å². The highest BCUT2D eigenvalue weighted by molar-refractivity contribution is 6.30. The van der Waals surface area contributed by atoms with Gasteiger partial charge in [0.1, 0.15) is 11.6 Å². The monoisotopic (exact) mass is 336 g/mol. The first-order chi connectivity index (χ1) is 11.0. The fourth-order valence-corrected chi connectivity index (χ4v) is 2.29. The number of carbonyl (C=O) groups excluding carboxylic acids is 1. The Balaban J connectivity index is 1.92. The third-order valence-electron chi connectivity index (χ3n) is 3.35. The molecule has 4 nitrogen and oxygen atoms in total. The van der Waals surface area contributed by atoms with Crippen molar-refractivity contribution in [3.8, 4) is 5.75 Å². The van der Waals surface area contributed by atoms with Gasteiger partial charge in [-0.15, -0.1) is 0 Å². The van der Waals surface area contributed by atoms with Crippen molar-refractivity contribution in [1.82, 2.24) is 5.32 Å². The summed E-state index contributed by atoms with van der Waals surface area (Å²) in [6.07, 6.45) is 0. The molecule has 0 radical (unpaired) electrons. The van der Waals surface area contributed by atoms with E-state index >= 15 is 0 Å². The average molecular weight is 337 g/mol. The molecule has 0 bridgehead atoms. The summed E-state index contributed by atoms with van der Waals surface area (Å²) in [5.74, 6) is 0.111. The number of hydrogen-bond donors (Lipinski definition) is 2. The normalized spacial score (nSPS) is 11.7. The topological polar surface area (TPSA) is 50.4 Å². The van der Waals surface area contributed by atoms with E-state index in [0.29, 0.717) is 16.5 Å². The summed E-state index contributed by atoms with van der Waals surface area (Å²) in [7, 11) is 1.55. The zero-order valence-corrected chi connectivity index (χ0v) is 13.7. The lowest BCUT2D eigenvalue weighted by Crippen LogP contribution is -2.32. The SMILES string of the molecule is COc1ccc(Cl)cc1NCC(=O)NC(C)c1ccc(F)cc1. The number of halogens is 2. The third-order valence-corrected chi connectivity index (χ3v) is 3.58. The average Bonchev–Trinajstić information content (AvgIpc) is 2.53. The molecule has 0 spiro atoms. The van der Waals surface area contributed by atoms with Crippen LogP contribution in [0.25, 0.3) is 0 Å². The standard InChI is InChI=1S/C17H18ClFN2O2/c1-11(12-3-6-14(19)7-4-12)21-17(22)10-20-15-9-13(18)5-8-16(15)23-2/h3-9,11,20H,10H2,1-2H3,(H,21,22). The van der Waals surface area contributed by atoms with E-state index in [1.807, 2.05) is 6.92 Å². The number of nitrogens with one attached hydrogen (secondary N) is 2. The smallest absolute Gasteiger partial charge is 0.239 e. The highest BCUT2D eigenvalue weighted by Gasteiger charge is 2.11. The number of hydrogen-bond acceptors (Lipinski definition) is 3. The molecule has 6 heteroatoms. The molecule has 1 amide bonds. The summed E-state index contributed by atoms with van der Waals surface area (Å²) in [5.41, 5.74) is 1.48. The van der Waals surface area contributed by atoms with Crippen molar-refractivity contribution in [3.05, 3.63) is 58.9 Å². The van der Waals surface area contributed by atoms with Gasteiger partial charge in [0.2, 0.25) is 5.91 Å². The maximum atomic E-state index is 12.9. The van der Waals surface area contributed by atoms with Crippen LogP contribution in [0.2, 0.25) is 5.02 Å². The molecule has 1 unspecified atom stereocenters. The van der Waals surface area contributed by atoms with Gasteiger partial charge in [-0.3, -0.25) is 4.79 Å². The maximum absolute atomic E-state index is 12.9. The van der Waals surface area contributed by atoms with E-state index in [1.165, 1.54) is 12.1 Å². The summed E-state index contributed by atoms with van der Waals surface area (Å²) in [5, 5.41) is 6.38. The summed E-state index contributed by atoms with van der Waals surface area (Å²) in [6.45, 7) is 1.91. The molecule has 0 aliphatic carbocycles. The van der Waals surface area contributed by atoms with Crippen molar-refractivity contribution in [2.45, 2.75) is 13.0 Å². The Kier molecular flexibility index (Phi) is 5.82. The molecule has 0 saturated heterocycles. The zero-order chi connectivity index (χ0) is 16.8. The van der Waals surface area contributed by atoms with Gasteiger partial charge in [0.25, 0.3) is 0 Å². The zero-order valence-electron chi connectivity index (χ0n) is 12.9. The molecular formula is C17H18ClFN2O2. The van der Waals surface area contributed by atoms with Gasteiger partial charge in [0.15, 0.2) is 0 Å². The minimum atomic E-state index is -0.304. The second kappa shape index (κ2) is 7.83. The molecular weight excluding hydrogens is 319 g/mol. The number of carbonyl (C=O) groups is 1. The molecule has 0 aromatic heterocycles. The van der Waals surface area contributed by atoms with Crippen molar-refractivity contribution < 1.29 is 13.9 Å². The van der Waals surface area contributed by atoms with Crippen LogP contribution in [-0.4, -0.2) is 19.6 Å². The Bertz CT molecular complexity index is 677. The van der Waals surface area contributed by atoms with Crippen molar-refractivity contribution in [3.63, 3.8) is 0 Å². The van der Waals surface area contributed by atoms with Gasteiger partial charge < -0.3 is 15.4 Å². The fourth-order valence-electron chi connectivity index (χ4n) is 2.12. The molecule has 2 rings (SSSR count).